The van der Waals surface area contributed by atoms with E-state index >= 15 is 0 Å². The van der Waals surface area contributed by atoms with Crippen LogP contribution in [0, 0.1) is 11.6 Å². The Balaban J connectivity index is 3.08. The van der Waals surface area contributed by atoms with E-state index in [1.54, 1.807) is 6.26 Å². The van der Waals surface area contributed by atoms with Crippen LogP contribution >= 0.6 is 11.8 Å². The predicted molar refractivity (Wildman–Crippen MR) is 56.1 cm³/mol. The third-order valence-electron chi connectivity index (χ3n) is 1.90. The van der Waals surface area contributed by atoms with E-state index in [1.165, 1.54) is 0 Å². The van der Waals surface area contributed by atoms with Crippen LogP contribution in [-0.2, 0) is 0 Å². The van der Waals surface area contributed by atoms with Crippen molar-refractivity contribution in [2.45, 2.75) is 11.3 Å². The molecule has 0 aliphatic heterocycles. The van der Waals surface area contributed by atoms with Crippen LogP contribution < -0.4 is 5.73 Å². The van der Waals surface area contributed by atoms with Gasteiger partial charge >= 0.3 is 0 Å². The molecule has 0 amide bonds. The van der Waals surface area contributed by atoms with Gasteiger partial charge in [0.1, 0.15) is 11.6 Å². The van der Waals surface area contributed by atoms with Gasteiger partial charge in [0.25, 0.3) is 0 Å². The minimum atomic E-state index is -0.706. The molecule has 0 bridgehead atoms. The van der Waals surface area contributed by atoms with Crippen molar-refractivity contribution in [2.24, 2.45) is 5.73 Å². The van der Waals surface area contributed by atoms with Gasteiger partial charge in [-0.1, -0.05) is 0 Å². The number of Topliss-reactive ketones (excluding diaryl/α,β-unsaturated/α-hetero) is 1. The molecule has 0 heterocycles. The lowest BCUT2D eigenvalue weighted by Crippen LogP contribution is -2.09. The minimum Gasteiger partial charge on any atom is -0.330 e. The number of halogens is 2. The second-order valence-electron chi connectivity index (χ2n) is 2.93. The normalized spacial score (nSPS) is 10.4. The highest BCUT2D eigenvalue weighted by Crippen LogP contribution is 2.24. The number of benzene rings is 1. The highest BCUT2D eigenvalue weighted by molar-refractivity contribution is 7.98. The summed E-state index contributed by atoms with van der Waals surface area (Å²) in [6, 6.07) is 2.10. The number of ketones is 1. The molecule has 0 spiro atoms. The van der Waals surface area contributed by atoms with Crippen molar-refractivity contribution in [3.8, 4) is 0 Å². The first-order chi connectivity index (χ1) is 7.10. The highest BCUT2D eigenvalue weighted by atomic mass is 32.2. The summed E-state index contributed by atoms with van der Waals surface area (Å²) in [4.78, 5) is 11.3. The van der Waals surface area contributed by atoms with Crippen molar-refractivity contribution in [3.05, 3.63) is 29.3 Å². The Morgan fingerprint density at radius 3 is 2.33 bits per heavy atom. The van der Waals surface area contributed by atoms with Gasteiger partial charge in [0.15, 0.2) is 5.78 Å². The Bertz CT molecular complexity index is 359. The molecule has 15 heavy (non-hydrogen) atoms. The molecule has 2 N–H and O–H groups in total. The number of carbonyl (C=O) groups is 1. The zero-order valence-electron chi connectivity index (χ0n) is 8.22. The molecule has 0 aliphatic rings. The van der Waals surface area contributed by atoms with Crippen molar-refractivity contribution in [2.75, 3.05) is 12.8 Å². The maximum Gasteiger partial charge on any atom is 0.164 e. The van der Waals surface area contributed by atoms with E-state index in [2.05, 4.69) is 0 Å². The molecule has 0 unspecified atom stereocenters. The molecule has 0 radical (unpaired) electrons. The summed E-state index contributed by atoms with van der Waals surface area (Å²) >= 11 is 0.970. The van der Waals surface area contributed by atoms with Gasteiger partial charge in [0.2, 0.25) is 0 Å². The fourth-order valence-corrected chi connectivity index (χ4v) is 1.70. The molecule has 0 saturated heterocycles. The molecule has 0 aliphatic carbocycles. The van der Waals surface area contributed by atoms with Crippen molar-refractivity contribution in [1.29, 1.82) is 0 Å². The molecular weight excluding hydrogens is 220 g/mol. The molecule has 0 saturated carbocycles. The molecular formula is C10H11F2NOS. The SMILES string of the molecule is CSc1c(F)cc(C(=O)CCN)cc1F. The van der Waals surface area contributed by atoms with E-state index < -0.39 is 11.6 Å². The maximum atomic E-state index is 13.3. The van der Waals surface area contributed by atoms with Crippen LogP contribution in [0.15, 0.2) is 17.0 Å². The summed E-state index contributed by atoms with van der Waals surface area (Å²) in [5.41, 5.74) is 5.22. The first-order valence-electron chi connectivity index (χ1n) is 4.36. The molecule has 0 fully saturated rings. The van der Waals surface area contributed by atoms with Crippen molar-refractivity contribution in [1.82, 2.24) is 0 Å². The maximum absolute atomic E-state index is 13.3. The summed E-state index contributed by atoms with van der Waals surface area (Å²) in [6.07, 6.45) is 1.67. The number of carbonyl (C=O) groups excluding carboxylic acids is 1. The Kier molecular flexibility index (Phi) is 4.23. The molecule has 82 valence electrons. The third-order valence-corrected chi connectivity index (χ3v) is 2.69. The Labute approximate surface area is 90.8 Å². The lowest BCUT2D eigenvalue weighted by molar-refractivity contribution is 0.0984. The lowest BCUT2D eigenvalue weighted by atomic mass is 10.1. The van der Waals surface area contributed by atoms with E-state index in [-0.39, 0.29) is 29.2 Å². The van der Waals surface area contributed by atoms with Crippen molar-refractivity contribution in [3.63, 3.8) is 0 Å². The van der Waals surface area contributed by atoms with E-state index in [1.807, 2.05) is 0 Å². The number of nitrogens with two attached hydrogens (primary N) is 1. The lowest BCUT2D eigenvalue weighted by Gasteiger charge is -2.04. The zero-order chi connectivity index (χ0) is 11.4. The van der Waals surface area contributed by atoms with Crippen LogP contribution in [0.3, 0.4) is 0 Å². The van der Waals surface area contributed by atoms with Crippen molar-refractivity contribution < 1.29 is 13.6 Å². The van der Waals surface area contributed by atoms with Gasteiger partial charge in [-0.3, -0.25) is 4.79 Å². The van der Waals surface area contributed by atoms with Gasteiger partial charge in [-0.05, 0) is 24.9 Å². The van der Waals surface area contributed by atoms with Gasteiger partial charge in [0.05, 0.1) is 4.90 Å². The average molecular weight is 231 g/mol. The molecule has 1 aromatic carbocycles. The predicted octanol–water partition coefficient (Wildman–Crippen LogP) is 2.22. The first kappa shape index (κ1) is 12.1. The molecule has 5 heteroatoms. The first-order valence-corrected chi connectivity index (χ1v) is 5.59. The topological polar surface area (TPSA) is 43.1 Å². The monoisotopic (exact) mass is 231 g/mol. The summed E-state index contributed by atoms with van der Waals surface area (Å²) in [5.74, 6) is -1.76. The number of hydrogen-bond acceptors (Lipinski definition) is 3. The third kappa shape index (κ3) is 2.76. The molecule has 1 aromatic rings. The van der Waals surface area contributed by atoms with Gasteiger partial charge in [0, 0.05) is 12.0 Å². The summed E-state index contributed by atoms with van der Waals surface area (Å²) in [6.45, 7) is 0.173. The minimum absolute atomic E-state index is 0.0354. The van der Waals surface area contributed by atoms with Gasteiger partial charge in [-0.25, -0.2) is 8.78 Å². The van der Waals surface area contributed by atoms with Crippen molar-refractivity contribution >= 4 is 17.5 Å². The second-order valence-corrected chi connectivity index (χ2v) is 3.75. The van der Waals surface area contributed by atoms with E-state index in [9.17, 15) is 13.6 Å². The Hall–Kier alpha value is -0.940. The smallest absolute Gasteiger partial charge is 0.164 e. The van der Waals surface area contributed by atoms with Crippen LogP contribution in [0.1, 0.15) is 16.8 Å². The Morgan fingerprint density at radius 1 is 1.40 bits per heavy atom. The van der Waals surface area contributed by atoms with E-state index in [4.69, 9.17) is 5.73 Å². The zero-order valence-corrected chi connectivity index (χ0v) is 9.04. The number of rotatable bonds is 4. The summed E-state index contributed by atoms with van der Waals surface area (Å²) in [7, 11) is 0. The summed E-state index contributed by atoms with van der Waals surface area (Å²) < 4.78 is 26.5. The standard InChI is InChI=1S/C10H11F2NOS/c1-15-10-7(11)4-6(5-8(10)12)9(14)2-3-13/h4-5H,2-3,13H2,1H3. The van der Waals surface area contributed by atoms with Crippen LogP contribution in [0.4, 0.5) is 8.78 Å². The van der Waals surface area contributed by atoms with Crippen LogP contribution in [0.2, 0.25) is 0 Å². The molecule has 2 nitrogen and oxygen atoms in total. The fraction of sp³-hybridized carbons (Fsp3) is 0.300. The molecule has 0 aromatic heterocycles. The number of thioether (sulfide) groups is 1. The van der Waals surface area contributed by atoms with Crippen LogP contribution in [0.5, 0.6) is 0 Å². The van der Waals surface area contributed by atoms with Gasteiger partial charge in [-0.2, -0.15) is 0 Å². The van der Waals surface area contributed by atoms with Gasteiger partial charge in [-0.15, -0.1) is 11.8 Å². The molecule has 1 rings (SSSR count). The van der Waals surface area contributed by atoms with Crippen LogP contribution in [-0.4, -0.2) is 18.6 Å². The van der Waals surface area contributed by atoms with Gasteiger partial charge < -0.3 is 5.73 Å². The fourth-order valence-electron chi connectivity index (χ4n) is 1.19. The second kappa shape index (κ2) is 5.23. The molecule has 0 atom stereocenters. The average Bonchev–Trinajstić information content (AvgIpc) is 2.17. The van der Waals surface area contributed by atoms with Crippen LogP contribution in [0.25, 0.3) is 0 Å². The summed E-state index contributed by atoms with van der Waals surface area (Å²) in [5, 5.41) is 0. The van der Waals surface area contributed by atoms with E-state index in [0.717, 1.165) is 23.9 Å². The number of hydrogen-bond donors (Lipinski definition) is 1. The Morgan fingerprint density at radius 2 is 1.93 bits per heavy atom. The highest BCUT2D eigenvalue weighted by Gasteiger charge is 2.13. The largest absolute Gasteiger partial charge is 0.330 e. The quantitative estimate of drug-likeness (QED) is 0.638. The van der Waals surface area contributed by atoms with E-state index in [0.29, 0.717) is 0 Å².